The standard InChI is InChI=1S/C12H17NO3/c1-8(13-2)4-9-5-10(14-3)12-11(6-9)15-7-16-12/h5-6,8,13H,4,7H2,1-3H3/t8-/m0/s1. The van der Waals surface area contributed by atoms with Crippen LogP contribution in [-0.2, 0) is 6.42 Å². The fourth-order valence-electron chi connectivity index (χ4n) is 1.76. The minimum absolute atomic E-state index is 0.275. The first-order valence-electron chi connectivity index (χ1n) is 5.38. The van der Waals surface area contributed by atoms with Crippen molar-refractivity contribution in [3.8, 4) is 17.2 Å². The molecule has 0 radical (unpaired) electrons. The van der Waals surface area contributed by atoms with Gasteiger partial charge in [-0.25, -0.2) is 0 Å². The fourth-order valence-corrected chi connectivity index (χ4v) is 1.76. The summed E-state index contributed by atoms with van der Waals surface area (Å²) in [6.07, 6.45) is 0.934. The molecule has 0 bridgehead atoms. The highest BCUT2D eigenvalue weighted by atomic mass is 16.7. The zero-order valence-electron chi connectivity index (χ0n) is 9.87. The van der Waals surface area contributed by atoms with E-state index in [1.165, 1.54) is 5.56 Å². The third-order valence-corrected chi connectivity index (χ3v) is 2.75. The van der Waals surface area contributed by atoms with Gasteiger partial charge in [-0.1, -0.05) is 0 Å². The van der Waals surface area contributed by atoms with Crippen molar-refractivity contribution < 1.29 is 14.2 Å². The van der Waals surface area contributed by atoms with Crippen LogP contribution in [0.15, 0.2) is 12.1 Å². The third-order valence-electron chi connectivity index (χ3n) is 2.75. The van der Waals surface area contributed by atoms with Crippen molar-refractivity contribution in [3.05, 3.63) is 17.7 Å². The molecule has 0 fully saturated rings. The molecule has 4 heteroatoms. The molecule has 2 rings (SSSR count). The number of rotatable bonds is 4. The van der Waals surface area contributed by atoms with Crippen LogP contribution in [0.25, 0.3) is 0 Å². The Balaban J connectivity index is 2.27. The molecule has 1 aromatic carbocycles. The molecule has 1 heterocycles. The predicted molar refractivity (Wildman–Crippen MR) is 61.3 cm³/mol. The molecular formula is C12H17NO3. The molecule has 4 nitrogen and oxygen atoms in total. The Morgan fingerprint density at radius 3 is 2.94 bits per heavy atom. The van der Waals surface area contributed by atoms with Gasteiger partial charge in [0.1, 0.15) is 0 Å². The maximum absolute atomic E-state index is 5.37. The molecule has 0 saturated carbocycles. The second kappa shape index (κ2) is 4.61. The number of hydrogen-bond acceptors (Lipinski definition) is 4. The van der Waals surface area contributed by atoms with E-state index in [0.717, 1.165) is 17.9 Å². The van der Waals surface area contributed by atoms with Gasteiger partial charge in [0.2, 0.25) is 12.5 Å². The van der Waals surface area contributed by atoms with Crippen molar-refractivity contribution in [3.63, 3.8) is 0 Å². The minimum Gasteiger partial charge on any atom is -0.493 e. The van der Waals surface area contributed by atoms with E-state index in [4.69, 9.17) is 14.2 Å². The first kappa shape index (κ1) is 11.1. The van der Waals surface area contributed by atoms with E-state index in [9.17, 15) is 0 Å². The van der Waals surface area contributed by atoms with E-state index in [0.29, 0.717) is 11.8 Å². The Labute approximate surface area is 95.5 Å². The van der Waals surface area contributed by atoms with E-state index in [1.807, 2.05) is 19.2 Å². The topological polar surface area (TPSA) is 39.7 Å². The molecule has 88 valence electrons. The normalized spacial score (nSPS) is 14.9. The van der Waals surface area contributed by atoms with Crippen LogP contribution in [0.5, 0.6) is 17.2 Å². The second-order valence-electron chi connectivity index (χ2n) is 3.93. The van der Waals surface area contributed by atoms with Crippen LogP contribution in [0.1, 0.15) is 12.5 Å². The number of ether oxygens (including phenoxy) is 3. The average molecular weight is 223 g/mol. The highest BCUT2D eigenvalue weighted by molar-refractivity contribution is 5.55. The van der Waals surface area contributed by atoms with Crippen molar-refractivity contribution in [2.75, 3.05) is 21.0 Å². The van der Waals surface area contributed by atoms with E-state index in [2.05, 4.69) is 12.2 Å². The van der Waals surface area contributed by atoms with Gasteiger partial charge in [-0.15, -0.1) is 0 Å². The van der Waals surface area contributed by atoms with E-state index < -0.39 is 0 Å². The quantitative estimate of drug-likeness (QED) is 0.841. The van der Waals surface area contributed by atoms with Crippen LogP contribution in [0.2, 0.25) is 0 Å². The summed E-state index contributed by atoms with van der Waals surface area (Å²) >= 11 is 0. The van der Waals surface area contributed by atoms with E-state index >= 15 is 0 Å². The van der Waals surface area contributed by atoms with Crippen LogP contribution in [-0.4, -0.2) is 27.0 Å². The largest absolute Gasteiger partial charge is 0.493 e. The fraction of sp³-hybridized carbons (Fsp3) is 0.500. The zero-order chi connectivity index (χ0) is 11.5. The van der Waals surface area contributed by atoms with Crippen molar-refractivity contribution in [2.24, 2.45) is 0 Å². The molecule has 16 heavy (non-hydrogen) atoms. The lowest BCUT2D eigenvalue weighted by Crippen LogP contribution is -2.23. The highest BCUT2D eigenvalue weighted by Crippen LogP contribution is 2.41. The number of likely N-dealkylation sites (N-methyl/N-ethyl adjacent to an activating group) is 1. The maximum Gasteiger partial charge on any atom is 0.231 e. The summed E-state index contributed by atoms with van der Waals surface area (Å²) in [5, 5.41) is 3.21. The number of fused-ring (bicyclic) bond motifs is 1. The summed E-state index contributed by atoms with van der Waals surface area (Å²) in [5.41, 5.74) is 1.18. The summed E-state index contributed by atoms with van der Waals surface area (Å²) in [5.74, 6) is 2.23. The maximum atomic E-state index is 5.37. The van der Waals surface area contributed by atoms with Gasteiger partial charge in [-0.2, -0.15) is 0 Å². The Morgan fingerprint density at radius 1 is 1.44 bits per heavy atom. The molecular weight excluding hydrogens is 206 g/mol. The van der Waals surface area contributed by atoms with Gasteiger partial charge in [0.25, 0.3) is 0 Å². The minimum atomic E-state index is 0.275. The molecule has 0 saturated heterocycles. The van der Waals surface area contributed by atoms with Gasteiger partial charge in [0, 0.05) is 6.04 Å². The number of benzene rings is 1. The zero-order valence-corrected chi connectivity index (χ0v) is 9.87. The lowest BCUT2D eigenvalue weighted by molar-refractivity contribution is 0.171. The monoisotopic (exact) mass is 223 g/mol. The van der Waals surface area contributed by atoms with Gasteiger partial charge in [0.15, 0.2) is 11.5 Å². The summed E-state index contributed by atoms with van der Waals surface area (Å²) in [7, 11) is 3.59. The van der Waals surface area contributed by atoms with Gasteiger partial charge < -0.3 is 19.5 Å². The first-order chi connectivity index (χ1) is 7.74. The molecule has 0 aromatic heterocycles. The summed E-state index contributed by atoms with van der Waals surface area (Å²) in [4.78, 5) is 0. The molecule has 1 N–H and O–H groups in total. The first-order valence-corrected chi connectivity index (χ1v) is 5.38. The van der Waals surface area contributed by atoms with Crippen LogP contribution in [0.4, 0.5) is 0 Å². The highest BCUT2D eigenvalue weighted by Gasteiger charge is 2.20. The van der Waals surface area contributed by atoms with Gasteiger partial charge in [-0.3, -0.25) is 0 Å². The van der Waals surface area contributed by atoms with E-state index in [-0.39, 0.29) is 6.79 Å². The van der Waals surface area contributed by atoms with Crippen molar-refractivity contribution in [1.82, 2.24) is 5.32 Å². The summed E-state index contributed by atoms with van der Waals surface area (Å²) < 4.78 is 16.0. The Kier molecular flexibility index (Phi) is 3.19. The van der Waals surface area contributed by atoms with Gasteiger partial charge >= 0.3 is 0 Å². The van der Waals surface area contributed by atoms with Gasteiger partial charge in [0.05, 0.1) is 7.11 Å². The molecule has 1 aliphatic heterocycles. The lowest BCUT2D eigenvalue weighted by atomic mass is 10.1. The number of hydrogen-bond donors (Lipinski definition) is 1. The van der Waals surface area contributed by atoms with Crippen molar-refractivity contribution >= 4 is 0 Å². The smallest absolute Gasteiger partial charge is 0.231 e. The van der Waals surface area contributed by atoms with Crippen LogP contribution in [0.3, 0.4) is 0 Å². The summed E-state index contributed by atoms with van der Waals surface area (Å²) in [6, 6.07) is 4.44. The van der Waals surface area contributed by atoms with Crippen LogP contribution in [0, 0.1) is 0 Å². The molecule has 1 aromatic rings. The molecule has 0 spiro atoms. The van der Waals surface area contributed by atoms with Crippen LogP contribution < -0.4 is 19.5 Å². The van der Waals surface area contributed by atoms with E-state index in [1.54, 1.807) is 7.11 Å². The lowest BCUT2D eigenvalue weighted by Gasteiger charge is -2.12. The number of methoxy groups -OCH3 is 1. The molecule has 0 aliphatic carbocycles. The van der Waals surface area contributed by atoms with Gasteiger partial charge in [-0.05, 0) is 38.1 Å². The SMILES string of the molecule is CN[C@@H](C)Cc1cc(OC)c2c(c1)OCO2. The number of nitrogens with one attached hydrogen (secondary N) is 1. The third kappa shape index (κ3) is 2.07. The second-order valence-corrected chi connectivity index (χ2v) is 3.93. The molecule has 0 amide bonds. The van der Waals surface area contributed by atoms with Crippen molar-refractivity contribution in [2.45, 2.75) is 19.4 Å². The molecule has 1 atom stereocenters. The Hall–Kier alpha value is -1.42. The summed E-state index contributed by atoms with van der Waals surface area (Å²) in [6.45, 7) is 2.41. The Morgan fingerprint density at radius 2 is 2.25 bits per heavy atom. The predicted octanol–water partition coefficient (Wildman–Crippen LogP) is 1.57. The molecule has 1 aliphatic rings. The van der Waals surface area contributed by atoms with Crippen molar-refractivity contribution in [1.29, 1.82) is 0 Å². The Bertz CT molecular complexity index is 379. The average Bonchev–Trinajstić information content (AvgIpc) is 2.75. The van der Waals surface area contributed by atoms with Crippen LogP contribution >= 0.6 is 0 Å². The molecule has 0 unspecified atom stereocenters.